The zero-order valence-electron chi connectivity index (χ0n) is 13.7. The van der Waals surface area contributed by atoms with E-state index < -0.39 is 0 Å². The summed E-state index contributed by atoms with van der Waals surface area (Å²) in [5.41, 5.74) is 1.97. The predicted octanol–water partition coefficient (Wildman–Crippen LogP) is 3.32. The van der Waals surface area contributed by atoms with E-state index in [-0.39, 0.29) is 0 Å². The van der Waals surface area contributed by atoms with Crippen LogP contribution < -0.4 is 9.60 Å². The molecule has 0 unspecified atom stereocenters. The Morgan fingerprint density at radius 2 is 1.33 bits per heavy atom. The van der Waals surface area contributed by atoms with Gasteiger partial charge in [0, 0.05) is 24.2 Å². The van der Waals surface area contributed by atoms with Gasteiger partial charge in [-0.25, -0.2) is 0 Å². The SMILES string of the molecule is CCCn1sc(=N)nc1-c1cccc(-c2nc(=N)sn2CCC)c1. The highest BCUT2D eigenvalue weighted by Gasteiger charge is 2.12. The zero-order chi connectivity index (χ0) is 17.1. The average Bonchev–Trinajstić information content (AvgIpc) is 3.11. The first-order valence-electron chi connectivity index (χ1n) is 7.98. The summed E-state index contributed by atoms with van der Waals surface area (Å²) in [5, 5.41) is 15.7. The molecule has 0 aliphatic rings. The molecule has 0 aliphatic carbocycles. The van der Waals surface area contributed by atoms with E-state index >= 15 is 0 Å². The molecule has 0 radical (unpaired) electrons. The van der Waals surface area contributed by atoms with Crippen molar-refractivity contribution in [2.45, 2.75) is 39.8 Å². The molecule has 2 aromatic heterocycles. The van der Waals surface area contributed by atoms with Gasteiger partial charge in [-0.3, -0.25) is 18.7 Å². The lowest BCUT2D eigenvalue weighted by Gasteiger charge is -2.08. The van der Waals surface area contributed by atoms with Crippen LogP contribution in [0.4, 0.5) is 0 Å². The van der Waals surface area contributed by atoms with Gasteiger partial charge >= 0.3 is 0 Å². The molecule has 2 heterocycles. The van der Waals surface area contributed by atoms with Crippen molar-refractivity contribution in [3.05, 3.63) is 33.9 Å². The smallest absolute Gasteiger partial charge is 0.219 e. The highest BCUT2D eigenvalue weighted by molar-refractivity contribution is 7.03. The maximum Gasteiger partial charge on any atom is 0.219 e. The summed E-state index contributed by atoms with van der Waals surface area (Å²) in [6.07, 6.45) is 2.01. The van der Waals surface area contributed by atoms with Gasteiger partial charge in [0.25, 0.3) is 0 Å². The van der Waals surface area contributed by atoms with Crippen LogP contribution in [0, 0.1) is 10.8 Å². The van der Waals surface area contributed by atoms with Gasteiger partial charge in [0.2, 0.25) is 9.60 Å². The summed E-state index contributed by atoms with van der Waals surface area (Å²) in [6.45, 7) is 5.96. The molecule has 2 N–H and O–H groups in total. The van der Waals surface area contributed by atoms with E-state index in [1.54, 1.807) is 0 Å². The summed E-state index contributed by atoms with van der Waals surface area (Å²) in [6, 6.07) is 8.08. The first-order chi connectivity index (χ1) is 11.6. The lowest BCUT2D eigenvalue weighted by molar-refractivity contribution is 0.729. The molecule has 0 amide bonds. The molecule has 1 aromatic carbocycles. The summed E-state index contributed by atoms with van der Waals surface area (Å²) in [5.74, 6) is 1.66. The van der Waals surface area contributed by atoms with Crippen LogP contribution in [-0.4, -0.2) is 17.9 Å². The molecule has 6 nitrogen and oxygen atoms in total. The van der Waals surface area contributed by atoms with Gasteiger partial charge < -0.3 is 0 Å². The third-order valence-electron chi connectivity index (χ3n) is 3.51. The van der Waals surface area contributed by atoms with Crippen LogP contribution in [0.2, 0.25) is 0 Å². The summed E-state index contributed by atoms with van der Waals surface area (Å²) >= 11 is 2.75. The van der Waals surface area contributed by atoms with Crippen molar-refractivity contribution in [1.82, 2.24) is 17.9 Å². The lowest BCUT2D eigenvalue weighted by Crippen LogP contribution is -1.99. The monoisotopic (exact) mass is 360 g/mol. The van der Waals surface area contributed by atoms with Crippen LogP contribution in [0.3, 0.4) is 0 Å². The Hall–Kier alpha value is -2.06. The summed E-state index contributed by atoms with van der Waals surface area (Å²) < 4.78 is 4.14. The van der Waals surface area contributed by atoms with Crippen LogP contribution >= 0.6 is 23.1 Å². The number of nitrogens with one attached hydrogen (secondary N) is 2. The minimum absolute atomic E-state index is 0.326. The molecular formula is C16H20N6S2. The van der Waals surface area contributed by atoms with E-state index in [4.69, 9.17) is 10.8 Å². The summed E-state index contributed by atoms with van der Waals surface area (Å²) in [7, 11) is 0. The molecule has 24 heavy (non-hydrogen) atoms. The van der Waals surface area contributed by atoms with Crippen molar-refractivity contribution in [3.63, 3.8) is 0 Å². The molecule has 0 fully saturated rings. The number of rotatable bonds is 6. The van der Waals surface area contributed by atoms with Crippen LogP contribution in [0.15, 0.2) is 24.3 Å². The first-order valence-corrected chi connectivity index (χ1v) is 9.53. The third-order valence-corrected chi connectivity index (χ3v) is 5.19. The maximum absolute atomic E-state index is 7.84. The fraction of sp³-hybridized carbons (Fsp3) is 0.375. The van der Waals surface area contributed by atoms with Crippen molar-refractivity contribution in [3.8, 4) is 22.8 Å². The Bertz CT molecular complexity index is 872. The van der Waals surface area contributed by atoms with E-state index in [0.717, 1.165) is 48.7 Å². The number of benzene rings is 1. The normalized spacial score (nSPS) is 11.1. The van der Waals surface area contributed by atoms with Gasteiger partial charge in [0.05, 0.1) is 0 Å². The molecule has 3 aromatic rings. The Morgan fingerprint density at radius 1 is 0.875 bits per heavy atom. The van der Waals surface area contributed by atoms with Crippen molar-refractivity contribution >= 4 is 23.1 Å². The second-order valence-electron chi connectivity index (χ2n) is 5.45. The molecule has 3 rings (SSSR count). The van der Waals surface area contributed by atoms with Gasteiger partial charge in [0.15, 0.2) is 11.6 Å². The largest absolute Gasteiger partial charge is 0.278 e. The fourth-order valence-electron chi connectivity index (χ4n) is 2.56. The number of hydrogen-bond donors (Lipinski definition) is 2. The van der Waals surface area contributed by atoms with E-state index in [0.29, 0.717) is 9.60 Å². The minimum atomic E-state index is 0.326. The predicted molar refractivity (Wildman–Crippen MR) is 96.9 cm³/mol. The first kappa shape index (κ1) is 16.8. The molecule has 8 heteroatoms. The highest BCUT2D eigenvalue weighted by Crippen LogP contribution is 2.25. The molecule has 0 spiro atoms. The topological polar surface area (TPSA) is 83.3 Å². The molecule has 0 saturated carbocycles. The van der Waals surface area contributed by atoms with Gasteiger partial charge in [0.1, 0.15) is 0 Å². The van der Waals surface area contributed by atoms with Crippen molar-refractivity contribution in [2.24, 2.45) is 0 Å². The third kappa shape index (κ3) is 3.39. The number of aromatic nitrogens is 4. The zero-order valence-corrected chi connectivity index (χ0v) is 15.4. The van der Waals surface area contributed by atoms with Crippen LogP contribution in [0.5, 0.6) is 0 Å². The van der Waals surface area contributed by atoms with Gasteiger partial charge in [-0.15, -0.1) is 0 Å². The Morgan fingerprint density at radius 3 is 1.75 bits per heavy atom. The number of hydrogen-bond acceptors (Lipinski definition) is 6. The van der Waals surface area contributed by atoms with Crippen LogP contribution in [-0.2, 0) is 13.1 Å². The second-order valence-corrected chi connectivity index (χ2v) is 7.47. The molecule has 0 bridgehead atoms. The molecular weight excluding hydrogens is 340 g/mol. The van der Waals surface area contributed by atoms with E-state index in [1.807, 2.05) is 18.2 Å². The minimum Gasteiger partial charge on any atom is -0.278 e. The van der Waals surface area contributed by atoms with Gasteiger partial charge in [-0.1, -0.05) is 32.0 Å². The Kier molecular flexibility index (Phi) is 5.06. The standard InChI is InChI=1S/C16H20N6S2/c1-3-8-21-13(19-15(17)23-21)11-6-5-7-12(10-11)14-20-16(18)24-22(14)9-4-2/h5-7,10,17-18H,3-4,8-9H2,1-2H3. The average molecular weight is 361 g/mol. The van der Waals surface area contributed by atoms with Crippen molar-refractivity contribution in [1.29, 1.82) is 10.8 Å². The fourth-order valence-corrected chi connectivity index (χ4v) is 4.25. The quantitative estimate of drug-likeness (QED) is 0.707. The Balaban J connectivity index is 2.07. The number of aryl methyl sites for hydroxylation is 2. The van der Waals surface area contributed by atoms with E-state index in [2.05, 4.69) is 37.8 Å². The van der Waals surface area contributed by atoms with Gasteiger partial charge in [-0.2, -0.15) is 9.97 Å². The van der Waals surface area contributed by atoms with Crippen LogP contribution in [0.25, 0.3) is 22.8 Å². The number of nitrogens with zero attached hydrogens (tertiary/aromatic N) is 4. The summed E-state index contributed by atoms with van der Waals surface area (Å²) in [4.78, 5) is 9.42. The molecule has 126 valence electrons. The molecule has 0 saturated heterocycles. The molecule has 0 aliphatic heterocycles. The van der Waals surface area contributed by atoms with Crippen LogP contribution in [0.1, 0.15) is 26.7 Å². The van der Waals surface area contributed by atoms with Crippen molar-refractivity contribution < 1.29 is 0 Å². The lowest BCUT2D eigenvalue weighted by atomic mass is 10.1. The highest BCUT2D eigenvalue weighted by atomic mass is 32.1. The van der Waals surface area contributed by atoms with E-state index in [9.17, 15) is 0 Å². The van der Waals surface area contributed by atoms with Crippen molar-refractivity contribution in [2.75, 3.05) is 0 Å². The molecule has 0 atom stereocenters. The van der Waals surface area contributed by atoms with E-state index in [1.165, 1.54) is 23.1 Å². The maximum atomic E-state index is 7.84. The second kappa shape index (κ2) is 7.23. The van der Waals surface area contributed by atoms with Gasteiger partial charge in [-0.05, 0) is 42.0 Å². The Labute approximate surface area is 148 Å².